The molecular formula is C12H17N5. The van der Waals surface area contributed by atoms with Crippen LogP contribution in [0.1, 0.15) is 18.4 Å². The number of hydrogen-bond donors (Lipinski definition) is 3. The highest BCUT2D eigenvalue weighted by Crippen LogP contribution is 2.23. The van der Waals surface area contributed by atoms with E-state index in [1.807, 2.05) is 6.20 Å². The summed E-state index contributed by atoms with van der Waals surface area (Å²) in [6.45, 7) is 4.24. The molecule has 3 N–H and O–H groups in total. The van der Waals surface area contributed by atoms with Gasteiger partial charge < -0.3 is 15.6 Å². The van der Waals surface area contributed by atoms with E-state index in [-0.39, 0.29) is 0 Å². The number of fused-ring (bicyclic) bond motifs is 1. The predicted molar refractivity (Wildman–Crippen MR) is 68.1 cm³/mol. The van der Waals surface area contributed by atoms with E-state index >= 15 is 0 Å². The maximum absolute atomic E-state index is 4.37. The van der Waals surface area contributed by atoms with Crippen LogP contribution in [0.25, 0.3) is 11.0 Å². The molecule has 2 aromatic rings. The van der Waals surface area contributed by atoms with Gasteiger partial charge in [0.15, 0.2) is 0 Å². The second-order valence-electron chi connectivity index (χ2n) is 4.59. The zero-order chi connectivity index (χ0) is 11.7. The van der Waals surface area contributed by atoms with Gasteiger partial charge in [-0.05, 0) is 38.4 Å². The fraction of sp³-hybridized carbons (Fsp3) is 0.500. The van der Waals surface area contributed by atoms with E-state index < -0.39 is 0 Å². The van der Waals surface area contributed by atoms with Gasteiger partial charge in [-0.2, -0.15) is 0 Å². The average molecular weight is 231 g/mol. The van der Waals surface area contributed by atoms with Crippen molar-refractivity contribution in [2.24, 2.45) is 0 Å². The summed E-state index contributed by atoms with van der Waals surface area (Å²) in [7, 11) is 0. The fourth-order valence-corrected chi connectivity index (χ4v) is 2.39. The lowest BCUT2D eigenvalue weighted by molar-refractivity contribution is 0.478. The van der Waals surface area contributed by atoms with Crippen LogP contribution in [-0.2, 0) is 0 Å². The van der Waals surface area contributed by atoms with Gasteiger partial charge in [-0.15, -0.1) is 0 Å². The molecule has 0 unspecified atom stereocenters. The maximum atomic E-state index is 4.37. The standard InChI is InChI=1S/C12H17N5/c1-8-6-14-11-10(8)12(16-7-15-11)17-9-2-4-13-5-3-9/h6-7,9,13H,2-5H2,1H3,(H2,14,15,16,17). The highest BCUT2D eigenvalue weighted by Gasteiger charge is 2.15. The normalized spacial score (nSPS) is 17.5. The summed E-state index contributed by atoms with van der Waals surface area (Å²) in [4.78, 5) is 11.8. The quantitative estimate of drug-likeness (QED) is 0.731. The lowest BCUT2D eigenvalue weighted by Gasteiger charge is -2.24. The molecule has 3 rings (SSSR count). The van der Waals surface area contributed by atoms with Crippen LogP contribution in [-0.4, -0.2) is 34.1 Å². The van der Waals surface area contributed by atoms with Crippen molar-refractivity contribution in [1.82, 2.24) is 20.3 Å². The van der Waals surface area contributed by atoms with E-state index in [4.69, 9.17) is 0 Å². The van der Waals surface area contributed by atoms with Crippen LogP contribution in [0.2, 0.25) is 0 Å². The third-order valence-electron chi connectivity index (χ3n) is 3.35. The molecule has 0 aliphatic carbocycles. The summed E-state index contributed by atoms with van der Waals surface area (Å²) in [5.74, 6) is 0.959. The van der Waals surface area contributed by atoms with Gasteiger partial charge in [0.25, 0.3) is 0 Å². The Balaban J connectivity index is 1.91. The van der Waals surface area contributed by atoms with E-state index in [2.05, 4.69) is 32.5 Å². The van der Waals surface area contributed by atoms with Crippen LogP contribution >= 0.6 is 0 Å². The van der Waals surface area contributed by atoms with Gasteiger partial charge in [-0.3, -0.25) is 0 Å². The van der Waals surface area contributed by atoms with Crippen molar-refractivity contribution in [3.05, 3.63) is 18.1 Å². The maximum Gasteiger partial charge on any atom is 0.143 e. The SMILES string of the molecule is Cc1c[nH]c2ncnc(NC3CCNCC3)c12. The Bertz CT molecular complexity index is 513. The number of rotatable bonds is 2. The monoisotopic (exact) mass is 231 g/mol. The minimum Gasteiger partial charge on any atom is -0.367 e. The Kier molecular flexibility index (Phi) is 2.68. The van der Waals surface area contributed by atoms with Crippen molar-refractivity contribution < 1.29 is 0 Å². The van der Waals surface area contributed by atoms with Gasteiger partial charge >= 0.3 is 0 Å². The van der Waals surface area contributed by atoms with Gasteiger partial charge in [-0.1, -0.05) is 0 Å². The molecule has 5 heteroatoms. The molecule has 5 nitrogen and oxygen atoms in total. The molecule has 1 aliphatic heterocycles. The van der Waals surface area contributed by atoms with Gasteiger partial charge in [0.1, 0.15) is 17.8 Å². The summed E-state index contributed by atoms with van der Waals surface area (Å²) in [6.07, 6.45) is 5.89. The number of nitrogens with one attached hydrogen (secondary N) is 3. The molecule has 17 heavy (non-hydrogen) atoms. The Labute approximate surface area is 100 Å². The second-order valence-corrected chi connectivity index (χ2v) is 4.59. The van der Waals surface area contributed by atoms with Crippen molar-refractivity contribution >= 4 is 16.9 Å². The van der Waals surface area contributed by atoms with Gasteiger partial charge in [0, 0.05) is 12.2 Å². The molecule has 1 saturated heterocycles. The molecule has 0 saturated carbocycles. The molecule has 1 aliphatic rings. The minimum atomic E-state index is 0.517. The van der Waals surface area contributed by atoms with E-state index in [0.717, 1.165) is 42.8 Å². The van der Waals surface area contributed by atoms with Crippen molar-refractivity contribution in [3.8, 4) is 0 Å². The molecule has 0 atom stereocenters. The third kappa shape index (κ3) is 1.98. The first-order valence-electron chi connectivity index (χ1n) is 6.10. The molecule has 0 bridgehead atoms. The first-order valence-corrected chi connectivity index (χ1v) is 6.10. The van der Waals surface area contributed by atoms with E-state index in [1.54, 1.807) is 6.33 Å². The molecule has 0 aromatic carbocycles. The van der Waals surface area contributed by atoms with Crippen LogP contribution < -0.4 is 10.6 Å². The molecule has 3 heterocycles. The minimum absolute atomic E-state index is 0.517. The Morgan fingerprint density at radius 2 is 2.12 bits per heavy atom. The van der Waals surface area contributed by atoms with Gasteiger partial charge in [-0.25, -0.2) is 9.97 Å². The van der Waals surface area contributed by atoms with Crippen LogP contribution in [0.15, 0.2) is 12.5 Å². The van der Waals surface area contributed by atoms with Crippen LogP contribution in [0.3, 0.4) is 0 Å². The van der Waals surface area contributed by atoms with Crippen LogP contribution in [0.4, 0.5) is 5.82 Å². The lowest BCUT2D eigenvalue weighted by Crippen LogP contribution is -2.35. The molecule has 2 aromatic heterocycles. The number of piperidine rings is 1. The number of H-pyrrole nitrogens is 1. The van der Waals surface area contributed by atoms with Gasteiger partial charge in [0.2, 0.25) is 0 Å². The van der Waals surface area contributed by atoms with Crippen molar-refractivity contribution in [2.75, 3.05) is 18.4 Å². The smallest absolute Gasteiger partial charge is 0.143 e. The molecule has 0 amide bonds. The van der Waals surface area contributed by atoms with E-state index in [0.29, 0.717) is 6.04 Å². The summed E-state index contributed by atoms with van der Waals surface area (Å²) in [6, 6.07) is 0.517. The van der Waals surface area contributed by atoms with Crippen LogP contribution in [0.5, 0.6) is 0 Å². The zero-order valence-corrected chi connectivity index (χ0v) is 9.95. The predicted octanol–water partition coefficient (Wildman–Crippen LogP) is 1.43. The van der Waals surface area contributed by atoms with E-state index in [9.17, 15) is 0 Å². The molecule has 90 valence electrons. The highest BCUT2D eigenvalue weighted by molar-refractivity contribution is 5.90. The third-order valence-corrected chi connectivity index (χ3v) is 3.35. The number of hydrogen-bond acceptors (Lipinski definition) is 4. The lowest BCUT2D eigenvalue weighted by atomic mass is 10.1. The fourth-order valence-electron chi connectivity index (χ4n) is 2.39. The summed E-state index contributed by atoms with van der Waals surface area (Å²) < 4.78 is 0. The van der Waals surface area contributed by atoms with E-state index in [1.165, 1.54) is 5.56 Å². The van der Waals surface area contributed by atoms with Crippen molar-refractivity contribution in [3.63, 3.8) is 0 Å². The first-order chi connectivity index (χ1) is 8.34. The number of aryl methyl sites for hydroxylation is 1. The number of anilines is 1. The molecular weight excluding hydrogens is 214 g/mol. The summed E-state index contributed by atoms with van der Waals surface area (Å²) in [5, 5.41) is 8.02. The molecule has 1 fully saturated rings. The largest absolute Gasteiger partial charge is 0.367 e. The van der Waals surface area contributed by atoms with Gasteiger partial charge in [0.05, 0.1) is 5.39 Å². The Morgan fingerprint density at radius 1 is 1.29 bits per heavy atom. The number of nitrogens with zero attached hydrogens (tertiary/aromatic N) is 2. The Morgan fingerprint density at radius 3 is 2.94 bits per heavy atom. The average Bonchev–Trinajstić information content (AvgIpc) is 2.74. The highest BCUT2D eigenvalue weighted by atomic mass is 15.1. The molecule has 0 radical (unpaired) electrons. The Hall–Kier alpha value is -1.62. The second kappa shape index (κ2) is 4.33. The summed E-state index contributed by atoms with van der Waals surface area (Å²) >= 11 is 0. The number of aromatic nitrogens is 3. The first kappa shape index (κ1) is 10.5. The van der Waals surface area contributed by atoms with Crippen molar-refractivity contribution in [2.45, 2.75) is 25.8 Å². The van der Waals surface area contributed by atoms with Crippen molar-refractivity contribution in [1.29, 1.82) is 0 Å². The topological polar surface area (TPSA) is 65.6 Å². The zero-order valence-electron chi connectivity index (χ0n) is 9.95. The molecule has 0 spiro atoms. The summed E-state index contributed by atoms with van der Waals surface area (Å²) in [5.41, 5.74) is 2.10. The number of aromatic amines is 1. The van der Waals surface area contributed by atoms with Crippen LogP contribution in [0, 0.1) is 6.92 Å².